The lowest BCUT2D eigenvalue weighted by Crippen LogP contribution is -2.77. The van der Waals surface area contributed by atoms with Crippen molar-refractivity contribution in [3.63, 3.8) is 0 Å². The van der Waals surface area contributed by atoms with E-state index in [4.69, 9.17) is 37.3 Å². The molecule has 0 aromatic rings. The summed E-state index contributed by atoms with van der Waals surface area (Å²) in [5.74, 6) is -1.48. The van der Waals surface area contributed by atoms with E-state index in [9.17, 15) is 0 Å². The van der Waals surface area contributed by atoms with Gasteiger partial charge in [0.1, 0.15) is 0 Å². The predicted octanol–water partition coefficient (Wildman–Crippen LogP) is 2.67. The van der Waals surface area contributed by atoms with Crippen molar-refractivity contribution in [2.75, 3.05) is 48.3 Å². The van der Waals surface area contributed by atoms with E-state index < -0.39 is 20.0 Å². The van der Waals surface area contributed by atoms with Gasteiger partial charge >= 0.3 is 8.80 Å². The lowest BCUT2D eigenvalue weighted by molar-refractivity contribution is -0.481. The first-order valence-corrected chi connectivity index (χ1v) is 10.4. The molecule has 9 heteroatoms. The van der Waals surface area contributed by atoms with Crippen molar-refractivity contribution in [1.29, 1.82) is 0 Å². The summed E-state index contributed by atoms with van der Waals surface area (Å²) < 4.78 is 35.4. The number of rotatable bonds is 16. The van der Waals surface area contributed by atoms with Gasteiger partial charge in [-0.1, -0.05) is 20.8 Å². The number of hydrogen-bond donors (Lipinski definition) is 0. The molecular formula is C16H36O8Si. The SMILES string of the molecule is CCCOC(C)(OOC)C(OCCC)(OCCC)[Si](OC)(OC)OC. The summed E-state index contributed by atoms with van der Waals surface area (Å²) in [6.07, 6.45) is 2.26. The van der Waals surface area contributed by atoms with Gasteiger partial charge in [0.05, 0.1) is 13.7 Å². The van der Waals surface area contributed by atoms with Crippen LogP contribution in [0, 0.1) is 0 Å². The largest absolute Gasteiger partial charge is 0.569 e. The normalized spacial score (nSPS) is 15.4. The third kappa shape index (κ3) is 5.44. The van der Waals surface area contributed by atoms with Gasteiger partial charge in [-0.15, -0.1) is 0 Å². The van der Waals surface area contributed by atoms with Crippen LogP contribution in [0.2, 0.25) is 0 Å². The number of hydrogen-bond acceptors (Lipinski definition) is 8. The molecule has 0 radical (unpaired) electrons. The Morgan fingerprint density at radius 1 is 0.680 bits per heavy atom. The summed E-state index contributed by atoms with van der Waals surface area (Å²) >= 11 is 0. The van der Waals surface area contributed by atoms with Gasteiger partial charge in [0.2, 0.25) is 0 Å². The fraction of sp³-hybridized carbons (Fsp3) is 1.00. The Bertz CT molecular complexity index is 324. The van der Waals surface area contributed by atoms with E-state index in [-0.39, 0.29) is 0 Å². The molecule has 0 spiro atoms. The molecule has 0 saturated carbocycles. The molecule has 0 N–H and O–H groups in total. The van der Waals surface area contributed by atoms with Gasteiger partial charge in [0.15, 0.2) is 0 Å². The third-order valence-corrected chi connectivity index (χ3v) is 6.81. The highest BCUT2D eigenvalue weighted by Gasteiger charge is 2.74. The topological polar surface area (TPSA) is 73.8 Å². The van der Waals surface area contributed by atoms with Crippen LogP contribution in [0.15, 0.2) is 0 Å². The number of ether oxygens (including phenoxy) is 3. The minimum Gasteiger partial charge on any atom is -0.374 e. The third-order valence-electron chi connectivity index (χ3n) is 3.65. The molecule has 25 heavy (non-hydrogen) atoms. The standard InChI is InChI=1S/C16H36O8Si/c1-9-12-21-15(4,24-17-5)16(22-13-10-2,23-14-11-3)25(18-6,19-7)20-8/h9-14H2,1-8H3. The second kappa shape index (κ2) is 12.3. The van der Waals surface area contributed by atoms with Crippen LogP contribution in [0.4, 0.5) is 0 Å². The highest BCUT2D eigenvalue weighted by Crippen LogP contribution is 2.42. The van der Waals surface area contributed by atoms with Crippen molar-refractivity contribution in [2.24, 2.45) is 0 Å². The zero-order valence-electron chi connectivity index (χ0n) is 17.0. The molecule has 0 fully saturated rings. The summed E-state index contributed by atoms with van der Waals surface area (Å²) in [5.41, 5.74) is -1.57. The van der Waals surface area contributed by atoms with E-state index in [0.29, 0.717) is 19.8 Å². The summed E-state index contributed by atoms with van der Waals surface area (Å²) in [5, 5.41) is 0. The average molecular weight is 385 g/mol. The highest BCUT2D eigenvalue weighted by atomic mass is 28.4. The van der Waals surface area contributed by atoms with E-state index in [1.54, 1.807) is 6.92 Å². The summed E-state index contributed by atoms with van der Waals surface area (Å²) in [6, 6.07) is 0. The van der Waals surface area contributed by atoms with Crippen molar-refractivity contribution < 1.29 is 37.3 Å². The van der Waals surface area contributed by atoms with Gasteiger partial charge in [-0.25, -0.2) is 4.89 Å². The summed E-state index contributed by atoms with van der Waals surface area (Å²) in [4.78, 5) is 10.5. The molecule has 1 unspecified atom stereocenters. The van der Waals surface area contributed by atoms with E-state index >= 15 is 0 Å². The molecule has 0 aromatic carbocycles. The Labute approximate surface area is 153 Å². The van der Waals surface area contributed by atoms with Crippen LogP contribution in [-0.4, -0.2) is 68.3 Å². The van der Waals surface area contributed by atoms with Crippen LogP contribution in [0.25, 0.3) is 0 Å². The molecular weight excluding hydrogens is 348 g/mol. The van der Waals surface area contributed by atoms with Crippen LogP contribution in [0.3, 0.4) is 0 Å². The van der Waals surface area contributed by atoms with Crippen molar-refractivity contribution in [1.82, 2.24) is 0 Å². The first kappa shape index (κ1) is 24.9. The Morgan fingerprint density at radius 2 is 1.08 bits per heavy atom. The molecule has 0 saturated heterocycles. The van der Waals surface area contributed by atoms with Crippen LogP contribution in [0.5, 0.6) is 0 Å². The molecule has 0 rings (SSSR count). The zero-order chi connectivity index (χ0) is 19.4. The second-order valence-electron chi connectivity index (χ2n) is 5.53. The van der Waals surface area contributed by atoms with E-state index in [1.165, 1.54) is 28.4 Å². The molecule has 0 aliphatic carbocycles. The maximum Gasteiger partial charge on any atom is 0.569 e. The van der Waals surface area contributed by atoms with Gasteiger partial charge in [-0.2, -0.15) is 4.89 Å². The van der Waals surface area contributed by atoms with Gasteiger partial charge in [-0.3, -0.25) is 0 Å². The van der Waals surface area contributed by atoms with Crippen molar-refractivity contribution in [3.8, 4) is 0 Å². The quantitative estimate of drug-likeness (QED) is 0.174. The lowest BCUT2D eigenvalue weighted by Gasteiger charge is -2.49. The Hall–Kier alpha value is -0.103. The Balaban J connectivity index is 6.33. The maximum atomic E-state index is 6.17. The minimum atomic E-state index is -3.57. The first-order valence-electron chi connectivity index (χ1n) is 8.72. The van der Waals surface area contributed by atoms with Crippen molar-refractivity contribution >= 4 is 8.80 Å². The van der Waals surface area contributed by atoms with Crippen LogP contribution in [0.1, 0.15) is 47.0 Å². The van der Waals surface area contributed by atoms with Gasteiger partial charge in [0.25, 0.3) is 11.2 Å². The van der Waals surface area contributed by atoms with Gasteiger partial charge in [0, 0.05) is 34.5 Å². The average Bonchev–Trinajstić information content (AvgIpc) is 2.63. The summed E-state index contributed by atoms with van der Waals surface area (Å²) in [6.45, 7) is 8.77. The Kier molecular flexibility index (Phi) is 12.3. The molecule has 0 bridgehead atoms. The Morgan fingerprint density at radius 3 is 1.40 bits per heavy atom. The zero-order valence-corrected chi connectivity index (χ0v) is 18.0. The molecule has 1 atom stereocenters. The van der Waals surface area contributed by atoms with Gasteiger partial charge in [-0.05, 0) is 26.2 Å². The van der Waals surface area contributed by atoms with E-state index in [1.807, 2.05) is 20.8 Å². The molecule has 0 aliphatic heterocycles. The smallest absolute Gasteiger partial charge is 0.374 e. The molecule has 8 nitrogen and oxygen atoms in total. The summed E-state index contributed by atoms with van der Waals surface area (Å²) in [7, 11) is 2.30. The molecule has 0 aliphatic rings. The lowest BCUT2D eigenvalue weighted by atomic mass is 10.3. The van der Waals surface area contributed by atoms with Crippen molar-refractivity contribution in [3.05, 3.63) is 0 Å². The molecule has 0 aromatic heterocycles. The fourth-order valence-corrected chi connectivity index (χ4v) is 5.07. The molecule has 0 heterocycles. The van der Waals surface area contributed by atoms with E-state index in [0.717, 1.165) is 19.3 Å². The molecule has 0 amide bonds. The monoisotopic (exact) mass is 384 g/mol. The van der Waals surface area contributed by atoms with Crippen LogP contribution in [-0.2, 0) is 37.3 Å². The first-order chi connectivity index (χ1) is 11.9. The van der Waals surface area contributed by atoms with Crippen molar-refractivity contribution in [2.45, 2.75) is 58.2 Å². The fourth-order valence-electron chi connectivity index (χ4n) is 2.53. The second-order valence-corrected chi connectivity index (χ2v) is 8.52. The molecule has 152 valence electrons. The maximum absolute atomic E-state index is 6.17. The van der Waals surface area contributed by atoms with Crippen LogP contribution < -0.4 is 0 Å². The van der Waals surface area contributed by atoms with Gasteiger partial charge < -0.3 is 27.5 Å². The van der Waals surface area contributed by atoms with E-state index in [2.05, 4.69) is 0 Å². The minimum absolute atomic E-state index is 0.368. The van der Waals surface area contributed by atoms with Crippen LogP contribution >= 0.6 is 0 Å². The highest BCUT2D eigenvalue weighted by molar-refractivity contribution is 6.63. The predicted molar refractivity (Wildman–Crippen MR) is 94.7 cm³/mol.